The maximum absolute atomic E-state index is 12.6. The molecule has 0 atom stereocenters. The molecule has 6 nitrogen and oxygen atoms in total. The third-order valence-corrected chi connectivity index (χ3v) is 5.22. The highest BCUT2D eigenvalue weighted by molar-refractivity contribution is 6.33. The number of benzene rings is 2. The predicted molar refractivity (Wildman–Crippen MR) is 107 cm³/mol. The molecule has 0 aliphatic carbocycles. The lowest BCUT2D eigenvalue weighted by atomic mass is 10.1. The second-order valence-corrected chi connectivity index (χ2v) is 7.34. The minimum absolute atomic E-state index is 0.0835. The summed E-state index contributed by atoms with van der Waals surface area (Å²) in [6.07, 6.45) is 0. The van der Waals surface area contributed by atoms with Gasteiger partial charge in [-0.1, -0.05) is 46.6 Å². The van der Waals surface area contributed by atoms with Crippen LogP contribution in [0.2, 0.25) is 5.02 Å². The van der Waals surface area contributed by atoms with E-state index >= 15 is 0 Å². The van der Waals surface area contributed by atoms with Gasteiger partial charge in [0.2, 0.25) is 0 Å². The van der Waals surface area contributed by atoms with Crippen molar-refractivity contribution in [2.24, 2.45) is 0 Å². The fourth-order valence-corrected chi connectivity index (χ4v) is 3.47. The summed E-state index contributed by atoms with van der Waals surface area (Å²) >= 11 is 6.19. The predicted octanol–water partition coefficient (Wildman–Crippen LogP) is 3.66. The largest absolute Gasteiger partial charge is 0.336 e. The number of piperazine rings is 1. The van der Waals surface area contributed by atoms with E-state index in [0.717, 1.165) is 29.8 Å². The topological polar surface area (TPSA) is 62.5 Å². The van der Waals surface area contributed by atoms with E-state index in [2.05, 4.69) is 15.0 Å². The molecule has 0 bridgehead atoms. The molecule has 0 unspecified atom stereocenters. The summed E-state index contributed by atoms with van der Waals surface area (Å²) in [5.41, 5.74) is 2.62. The van der Waals surface area contributed by atoms with Crippen molar-refractivity contribution in [2.75, 3.05) is 26.2 Å². The molecular weight excluding hydrogens is 376 g/mol. The average Bonchev–Trinajstić information content (AvgIpc) is 3.17. The molecular formula is C21H21ClN4O2. The Morgan fingerprint density at radius 2 is 1.79 bits per heavy atom. The summed E-state index contributed by atoms with van der Waals surface area (Å²) in [6, 6.07) is 15.1. The summed E-state index contributed by atoms with van der Waals surface area (Å²) in [5, 5.41) is 4.65. The van der Waals surface area contributed by atoms with Gasteiger partial charge in [-0.2, -0.15) is 4.98 Å². The second kappa shape index (κ2) is 8.12. The van der Waals surface area contributed by atoms with Crippen molar-refractivity contribution in [1.29, 1.82) is 0 Å². The van der Waals surface area contributed by atoms with Gasteiger partial charge in [-0.25, -0.2) is 0 Å². The first-order chi connectivity index (χ1) is 13.6. The fraction of sp³-hybridized carbons (Fsp3) is 0.286. The molecule has 1 saturated heterocycles. The van der Waals surface area contributed by atoms with Crippen molar-refractivity contribution < 1.29 is 9.32 Å². The highest BCUT2D eigenvalue weighted by atomic mass is 35.5. The number of halogens is 1. The van der Waals surface area contributed by atoms with Crippen LogP contribution >= 0.6 is 11.6 Å². The smallest absolute Gasteiger partial charge is 0.259 e. The molecule has 2 heterocycles. The Morgan fingerprint density at radius 1 is 1.07 bits per heavy atom. The number of carbonyl (C=O) groups is 1. The van der Waals surface area contributed by atoms with Gasteiger partial charge < -0.3 is 9.42 Å². The summed E-state index contributed by atoms with van der Waals surface area (Å²) in [6.45, 7) is 5.51. The molecule has 1 aromatic heterocycles. The van der Waals surface area contributed by atoms with Crippen LogP contribution in [0.15, 0.2) is 53.1 Å². The Hall–Kier alpha value is -2.70. The van der Waals surface area contributed by atoms with Crippen molar-refractivity contribution in [3.63, 3.8) is 0 Å². The van der Waals surface area contributed by atoms with E-state index in [1.165, 1.54) is 0 Å². The Labute approximate surface area is 168 Å². The lowest BCUT2D eigenvalue weighted by Crippen LogP contribution is -2.48. The third kappa shape index (κ3) is 4.08. The number of carbonyl (C=O) groups excluding carboxylic acids is 1. The van der Waals surface area contributed by atoms with E-state index in [1.54, 1.807) is 6.07 Å². The summed E-state index contributed by atoms with van der Waals surface area (Å²) in [5.74, 6) is 1.13. The van der Waals surface area contributed by atoms with Crippen LogP contribution in [0.1, 0.15) is 21.7 Å². The monoisotopic (exact) mass is 396 g/mol. The van der Waals surface area contributed by atoms with Crippen LogP contribution in [-0.4, -0.2) is 52.0 Å². The van der Waals surface area contributed by atoms with Crippen molar-refractivity contribution >= 4 is 17.5 Å². The summed E-state index contributed by atoms with van der Waals surface area (Å²) in [4.78, 5) is 21.2. The normalized spacial score (nSPS) is 15.0. The van der Waals surface area contributed by atoms with Crippen LogP contribution in [0, 0.1) is 6.92 Å². The maximum atomic E-state index is 12.6. The average molecular weight is 397 g/mol. The number of hydrogen-bond donors (Lipinski definition) is 0. The lowest BCUT2D eigenvalue weighted by molar-refractivity contribution is 0.0624. The molecule has 2 aromatic carbocycles. The summed E-state index contributed by atoms with van der Waals surface area (Å²) < 4.78 is 5.36. The van der Waals surface area contributed by atoms with Gasteiger partial charge in [0.1, 0.15) is 0 Å². The highest BCUT2D eigenvalue weighted by Crippen LogP contribution is 2.26. The van der Waals surface area contributed by atoms with Gasteiger partial charge in [0, 0.05) is 31.7 Å². The molecule has 1 aliphatic rings. The van der Waals surface area contributed by atoms with Crippen LogP contribution in [0.25, 0.3) is 11.5 Å². The molecule has 0 N–H and O–H groups in total. The molecule has 1 aliphatic heterocycles. The Bertz CT molecular complexity index is 963. The minimum atomic E-state index is 0.0835. The van der Waals surface area contributed by atoms with Gasteiger partial charge in [-0.15, -0.1) is 0 Å². The summed E-state index contributed by atoms with van der Waals surface area (Å²) in [7, 11) is 0. The molecule has 3 aromatic rings. The van der Waals surface area contributed by atoms with E-state index in [-0.39, 0.29) is 5.91 Å². The van der Waals surface area contributed by atoms with E-state index in [9.17, 15) is 4.79 Å². The molecule has 0 spiro atoms. The zero-order valence-corrected chi connectivity index (χ0v) is 16.4. The van der Waals surface area contributed by atoms with E-state index in [0.29, 0.717) is 36.4 Å². The number of rotatable bonds is 4. The number of nitrogens with zero attached hydrogens (tertiary/aromatic N) is 4. The zero-order valence-electron chi connectivity index (χ0n) is 15.6. The molecule has 0 radical (unpaired) electrons. The third-order valence-electron chi connectivity index (χ3n) is 4.90. The van der Waals surface area contributed by atoms with Crippen molar-refractivity contribution in [3.8, 4) is 11.5 Å². The molecule has 7 heteroatoms. The highest BCUT2D eigenvalue weighted by Gasteiger charge is 2.23. The molecule has 144 valence electrons. The zero-order chi connectivity index (χ0) is 19.5. The van der Waals surface area contributed by atoms with E-state index in [1.807, 2.05) is 54.3 Å². The Morgan fingerprint density at radius 3 is 2.50 bits per heavy atom. The van der Waals surface area contributed by atoms with Gasteiger partial charge in [0.25, 0.3) is 11.8 Å². The fourth-order valence-electron chi connectivity index (χ4n) is 3.25. The lowest BCUT2D eigenvalue weighted by Gasteiger charge is -2.34. The Balaban J connectivity index is 1.34. The first kappa shape index (κ1) is 18.7. The van der Waals surface area contributed by atoms with Crippen molar-refractivity contribution in [1.82, 2.24) is 19.9 Å². The van der Waals surface area contributed by atoms with Crippen LogP contribution < -0.4 is 0 Å². The number of hydrogen-bond acceptors (Lipinski definition) is 5. The minimum Gasteiger partial charge on any atom is -0.336 e. The molecule has 4 rings (SSSR count). The first-order valence-electron chi connectivity index (χ1n) is 9.26. The van der Waals surface area contributed by atoms with Crippen LogP contribution in [0.3, 0.4) is 0 Å². The molecule has 28 heavy (non-hydrogen) atoms. The molecule has 0 saturated carbocycles. The van der Waals surface area contributed by atoms with Crippen LogP contribution in [0.4, 0.5) is 0 Å². The van der Waals surface area contributed by atoms with E-state index < -0.39 is 0 Å². The number of aromatic nitrogens is 2. The molecule has 1 amide bonds. The van der Waals surface area contributed by atoms with Crippen molar-refractivity contribution in [2.45, 2.75) is 13.5 Å². The van der Waals surface area contributed by atoms with E-state index in [4.69, 9.17) is 16.1 Å². The maximum Gasteiger partial charge on any atom is 0.259 e. The first-order valence-corrected chi connectivity index (χ1v) is 9.64. The van der Waals surface area contributed by atoms with Gasteiger partial charge >= 0.3 is 0 Å². The molecule has 1 fully saturated rings. The second-order valence-electron chi connectivity index (χ2n) is 6.93. The van der Waals surface area contributed by atoms with Crippen LogP contribution in [0.5, 0.6) is 0 Å². The number of aryl methyl sites for hydroxylation is 1. The van der Waals surface area contributed by atoms with Gasteiger partial charge in [0.15, 0.2) is 5.82 Å². The van der Waals surface area contributed by atoms with Gasteiger partial charge in [-0.05, 0) is 31.2 Å². The SMILES string of the molecule is Cc1ccc(C(=O)N2CCN(Cc3noc(-c4ccccc4Cl)n3)CC2)cc1. The number of amides is 1. The Kier molecular flexibility index (Phi) is 5.41. The van der Waals surface area contributed by atoms with Gasteiger partial charge in [0.05, 0.1) is 17.1 Å². The van der Waals surface area contributed by atoms with Crippen LogP contribution in [-0.2, 0) is 6.54 Å². The van der Waals surface area contributed by atoms with Crippen molar-refractivity contribution in [3.05, 3.63) is 70.5 Å². The standard InChI is InChI=1S/C21H21ClN4O2/c1-15-6-8-16(9-7-15)21(27)26-12-10-25(11-13-26)14-19-23-20(28-24-19)17-4-2-3-5-18(17)22/h2-9H,10-14H2,1H3. The van der Waals surface area contributed by atoms with Gasteiger partial charge in [-0.3, -0.25) is 9.69 Å². The quantitative estimate of drug-likeness (QED) is 0.673.